The van der Waals surface area contributed by atoms with Gasteiger partial charge in [0.15, 0.2) is 11.5 Å². The number of nitrogens with one attached hydrogen (secondary N) is 2. The quantitative estimate of drug-likeness (QED) is 0.827. The van der Waals surface area contributed by atoms with Gasteiger partial charge in [0.2, 0.25) is 5.91 Å². The summed E-state index contributed by atoms with van der Waals surface area (Å²) >= 11 is 0. The zero-order chi connectivity index (χ0) is 20.3. The van der Waals surface area contributed by atoms with Crippen LogP contribution in [0.4, 0.5) is 14.9 Å². The van der Waals surface area contributed by atoms with Crippen LogP contribution >= 0.6 is 0 Å². The largest absolute Gasteiger partial charge is 0.493 e. The van der Waals surface area contributed by atoms with Crippen LogP contribution in [0.5, 0.6) is 11.5 Å². The van der Waals surface area contributed by atoms with E-state index in [-0.39, 0.29) is 5.91 Å². The van der Waals surface area contributed by atoms with Crippen molar-refractivity contribution < 1.29 is 23.5 Å². The van der Waals surface area contributed by atoms with Gasteiger partial charge in [-0.3, -0.25) is 4.79 Å². The Bertz CT molecular complexity index is 928. The molecule has 0 spiro atoms. The third kappa shape index (κ3) is 3.95. The number of nitrogens with zero attached hydrogens (tertiary/aromatic N) is 1. The lowest BCUT2D eigenvalue weighted by molar-refractivity contribution is -0.118. The number of rotatable bonds is 5. The van der Waals surface area contributed by atoms with E-state index in [1.165, 1.54) is 44.7 Å². The summed E-state index contributed by atoms with van der Waals surface area (Å²) in [7, 11) is 3.04. The molecular weight excluding hydrogens is 365 g/mol. The van der Waals surface area contributed by atoms with Gasteiger partial charge >= 0.3 is 6.03 Å². The molecule has 0 saturated carbocycles. The summed E-state index contributed by atoms with van der Waals surface area (Å²) in [5.74, 6) is -0.511. The van der Waals surface area contributed by atoms with Gasteiger partial charge < -0.3 is 20.1 Å². The van der Waals surface area contributed by atoms with E-state index in [0.717, 1.165) is 5.56 Å². The molecule has 0 saturated heterocycles. The summed E-state index contributed by atoms with van der Waals surface area (Å²) in [5, 5.41) is 5.50. The molecule has 1 heterocycles. The molecule has 2 aromatic carbocycles. The van der Waals surface area contributed by atoms with Crippen LogP contribution < -0.4 is 20.1 Å². The summed E-state index contributed by atoms with van der Waals surface area (Å²) < 4.78 is 23.8. The number of aryl methyl sites for hydroxylation is 1. The number of benzene rings is 2. The molecule has 8 heteroatoms. The zero-order valence-corrected chi connectivity index (χ0v) is 15.7. The van der Waals surface area contributed by atoms with Crippen molar-refractivity contribution in [2.24, 2.45) is 10.9 Å². The van der Waals surface area contributed by atoms with Crippen LogP contribution in [0.25, 0.3) is 0 Å². The van der Waals surface area contributed by atoms with Crippen LogP contribution in [-0.2, 0) is 4.79 Å². The molecule has 146 valence electrons. The van der Waals surface area contributed by atoms with Gasteiger partial charge in [0.25, 0.3) is 0 Å². The highest BCUT2D eigenvalue weighted by Gasteiger charge is 2.33. The maximum atomic E-state index is 13.2. The molecule has 0 radical (unpaired) electrons. The van der Waals surface area contributed by atoms with Crippen molar-refractivity contribution in [2.45, 2.75) is 13.0 Å². The highest BCUT2D eigenvalue weighted by Crippen LogP contribution is 2.34. The Kier molecular flexibility index (Phi) is 5.58. The Morgan fingerprint density at radius 3 is 2.43 bits per heavy atom. The fourth-order valence-electron chi connectivity index (χ4n) is 3.01. The number of hydrogen-bond acceptors (Lipinski definition) is 4. The minimum atomic E-state index is -0.768. The van der Waals surface area contributed by atoms with Crippen molar-refractivity contribution in [3.63, 3.8) is 0 Å². The van der Waals surface area contributed by atoms with Gasteiger partial charge in [0, 0.05) is 18.0 Å². The summed E-state index contributed by atoms with van der Waals surface area (Å²) in [6, 6.07) is 7.82. The molecule has 3 amide bonds. The molecule has 1 aliphatic heterocycles. The number of carbonyl (C=O) groups excluding carboxylic acids is 2. The van der Waals surface area contributed by atoms with E-state index < -0.39 is 23.8 Å². The fraction of sp³-hybridized carbons (Fsp3) is 0.250. The van der Waals surface area contributed by atoms with E-state index in [4.69, 9.17) is 9.47 Å². The van der Waals surface area contributed by atoms with Crippen molar-refractivity contribution in [2.75, 3.05) is 19.5 Å². The monoisotopic (exact) mass is 385 g/mol. The van der Waals surface area contributed by atoms with E-state index in [1.54, 1.807) is 12.1 Å². The smallest absolute Gasteiger partial charge is 0.341 e. The molecule has 0 aliphatic carbocycles. The standard InChI is InChI=1S/C20H20FN3O4/c1-11-8-16(27-2)17(28-3)9-15(11)23-19(25)14-10-22-20(26)24-18(14)12-4-6-13(21)7-5-12/h4-10,14,18H,1-3H3,(H,23,25)(H,24,26)/t14?,18-/m0/s1. The van der Waals surface area contributed by atoms with Crippen LogP contribution in [0.15, 0.2) is 41.4 Å². The molecule has 0 bridgehead atoms. The summed E-state index contributed by atoms with van der Waals surface area (Å²) in [5.41, 5.74) is 1.93. The van der Waals surface area contributed by atoms with Crippen LogP contribution in [0.1, 0.15) is 17.2 Å². The first kappa shape index (κ1) is 19.3. The van der Waals surface area contributed by atoms with Gasteiger partial charge in [0.1, 0.15) is 5.82 Å². The maximum Gasteiger partial charge on any atom is 0.341 e. The number of anilines is 1. The lowest BCUT2D eigenvalue weighted by Crippen LogP contribution is -2.42. The molecular formula is C20H20FN3O4. The highest BCUT2D eigenvalue weighted by molar-refractivity contribution is 6.06. The summed E-state index contributed by atoms with van der Waals surface area (Å²) in [4.78, 5) is 28.3. The first-order valence-corrected chi connectivity index (χ1v) is 8.56. The van der Waals surface area contributed by atoms with Crippen molar-refractivity contribution >= 4 is 23.8 Å². The Morgan fingerprint density at radius 2 is 1.79 bits per heavy atom. The Morgan fingerprint density at radius 1 is 1.14 bits per heavy atom. The Balaban J connectivity index is 1.88. The molecule has 3 rings (SSSR count). The second kappa shape index (κ2) is 8.08. The third-order valence-electron chi connectivity index (χ3n) is 4.51. The molecule has 2 N–H and O–H groups in total. The maximum absolute atomic E-state index is 13.2. The lowest BCUT2D eigenvalue weighted by atomic mass is 9.92. The molecule has 2 atom stereocenters. The highest BCUT2D eigenvalue weighted by atomic mass is 19.1. The van der Waals surface area contributed by atoms with Gasteiger partial charge in [0.05, 0.1) is 26.2 Å². The van der Waals surface area contributed by atoms with Crippen molar-refractivity contribution in [3.05, 3.63) is 53.3 Å². The second-order valence-corrected chi connectivity index (χ2v) is 6.29. The summed E-state index contributed by atoms with van der Waals surface area (Å²) in [6.45, 7) is 1.83. The van der Waals surface area contributed by atoms with Crippen LogP contribution in [0.2, 0.25) is 0 Å². The van der Waals surface area contributed by atoms with Crippen molar-refractivity contribution in [3.8, 4) is 11.5 Å². The van der Waals surface area contributed by atoms with Gasteiger partial charge in [-0.15, -0.1) is 0 Å². The molecule has 1 aliphatic rings. The number of halogens is 1. The van der Waals surface area contributed by atoms with Gasteiger partial charge in [-0.05, 0) is 36.2 Å². The van der Waals surface area contributed by atoms with Crippen molar-refractivity contribution in [1.29, 1.82) is 0 Å². The predicted octanol–water partition coefficient (Wildman–Crippen LogP) is 3.24. The first-order valence-electron chi connectivity index (χ1n) is 8.56. The number of hydrogen-bond donors (Lipinski definition) is 2. The van der Waals surface area contributed by atoms with Crippen molar-refractivity contribution in [1.82, 2.24) is 5.32 Å². The van der Waals surface area contributed by atoms with Gasteiger partial charge in [-0.1, -0.05) is 12.1 Å². The van der Waals surface area contributed by atoms with E-state index in [2.05, 4.69) is 15.6 Å². The fourth-order valence-corrected chi connectivity index (χ4v) is 3.01. The summed E-state index contributed by atoms with van der Waals surface area (Å²) in [6.07, 6.45) is 1.30. The first-order chi connectivity index (χ1) is 13.4. The average Bonchev–Trinajstić information content (AvgIpc) is 2.69. The van der Waals surface area contributed by atoms with E-state index in [0.29, 0.717) is 22.7 Å². The van der Waals surface area contributed by atoms with E-state index in [1.807, 2.05) is 6.92 Å². The average molecular weight is 385 g/mol. The molecule has 28 heavy (non-hydrogen) atoms. The van der Waals surface area contributed by atoms with Crippen LogP contribution in [0, 0.1) is 18.7 Å². The van der Waals surface area contributed by atoms with E-state index >= 15 is 0 Å². The zero-order valence-electron chi connectivity index (χ0n) is 15.7. The SMILES string of the molecule is COc1cc(C)c(NC(=O)C2C=NC(=O)N[C@H]2c2ccc(F)cc2)cc1OC. The Labute approximate surface area is 161 Å². The normalized spacial score (nSPS) is 18.4. The van der Waals surface area contributed by atoms with Crippen LogP contribution in [0.3, 0.4) is 0 Å². The van der Waals surface area contributed by atoms with Gasteiger partial charge in [-0.2, -0.15) is 0 Å². The number of ether oxygens (including phenoxy) is 2. The lowest BCUT2D eigenvalue weighted by Gasteiger charge is -2.27. The number of urea groups is 1. The minimum absolute atomic E-state index is 0.367. The molecule has 7 nitrogen and oxygen atoms in total. The Hall–Kier alpha value is -3.42. The molecule has 1 unspecified atom stereocenters. The van der Waals surface area contributed by atoms with Gasteiger partial charge in [-0.25, -0.2) is 14.2 Å². The second-order valence-electron chi connectivity index (χ2n) is 6.29. The molecule has 2 aromatic rings. The van der Waals surface area contributed by atoms with E-state index in [9.17, 15) is 14.0 Å². The molecule has 0 aromatic heterocycles. The predicted molar refractivity (Wildman–Crippen MR) is 103 cm³/mol. The number of carbonyl (C=O) groups is 2. The van der Waals surface area contributed by atoms with Crippen LogP contribution in [-0.4, -0.2) is 32.4 Å². The topological polar surface area (TPSA) is 89.0 Å². The minimum Gasteiger partial charge on any atom is -0.493 e. The number of methoxy groups -OCH3 is 2. The third-order valence-corrected chi connectivity index (χ3v) is 4.51. The number of aliphatic imine (C=N–C) groups is 1. The molecule has 0 fully saturated rings. The number of amides is 3.